The van der Waals surface area contributed by atoms with Crippen molar-refractivity contribution in [3.8, 4) is 0 Å². The highest BCUT2D eigenvalue weighted by atomic mass is 16.8. The third kappa shape index (κ3) is 3.98. The number of aliphatic hydroxyl groups excluding tert-OH is 1. The smallest absolute Gasteiger partial charge is 0.348 e. The van der Waals surface area contributed by atoms with E-state index < -0.39 is 17.7 Å². The van der Waals surface area contributed by atoms with Crippen LogP contribution in [0.3, 0.4) is 0 Å². The molecule has 4 nitrogen and oxygen atoms in total. The van der Waals surface area contributed by atoms with Crippen LogP contribution in [0, 0.1) is 0 Å². The SMILES string of the molecule is C=C/C=C/C1=C(O)OC(C)(CC)OC1=O.CC. The van der Waals surface area contributed by atoms with Crippen LogP contribution in [0.4, 0.5) is 0 Å². The maximum absolute atomic E-state index is 11.5. The predicted octanol–water partition coefficient (Wildman–Crippen LogP) is 3.22. The van der Waals surface area contributed by atoms with Crippen molar-refractivity contribution < 1.29 is 19.4 Å². The summed E-state index contributed by atoms with van der Waals surface area (Å²) < 4.78 is 10.1. The molecule has 0 spiro atoms. The molecule has 0 aromatic heterocycles. The number of aliphatic hydroxyl groups is 1. The van der Waals surface area contributed by atoms with Crippen molar-refractivity contribution in [1.82, 2.24) is 0 Å². The molecule has 0 aromatic carbocycles. The Morgan fingerprint density at radius 2 is 2.00 bits per heavy atom. The lowest BCUT2D eigenvalue weighted by Crippen LogP contribution is -2.38. The van der Waals surface area contributed by atoms with Crippen LogP contribution in [0.1, 0.15) is 34.1 Å². The summed E-state index contributed by atoms with van der Waals surface area (Å²) in [6, 6.07) is 0. The Hall–Kier alpha value is -1.71. The van der Waals surface area contributed by atoms with E-state index in [1.54, 1.807) is 13.8 Å². The third-order valence-corrected chi connectivity index (χ3v) is 2.11. The molecule has 0 amide bonds. The van der Waals surface area contributed by atoms with E-state index in [0.29, 0.717) is 6.42 Å². The molecule has 0 saturated carbocycles. The molecule has 0 aliphatic carbocycles. The number of carbonyl (C=O) groups excluding carboxylic acids is 1. The molecule has 0 saturated heterocycles. The predicted molar refractivity (Wildman–Crippen MR) is 66.2 cm³/mol. The largest absolute Gasteiger partial charge is 0.480 e. The van der Waals surface area contributed by atoms with E-state index in [4.69, 9.17) is 9.47 Å². The summed E-state index contributed by atoms with van der Waals surface area (Å²) in [7, 11) is 0. The van der Waals surface area contributed by atoms with Gasteiger partial charge in [0.2, 0.25) is 0 Å². The number of allylic oxidation sites excluding steroid dienone is 2. The van der Waals surface area contributed by atoms with Crippen LogP contribution in [0.2, 0.25) is 0 Å². The molecule has 1 aliphatic rings. The highest BCUT2D eigenvalue weighted by Crippen LogP contribution is 2.28. The summed E-state index contributed by atoms with van der Waals surface area (Å²) in [6.45, 7) is 10.8. The highest BCUT2D eigenvalue weighted by molar-refractivity contribution is 5.92. The van der Waals surface area contributed by atoms with Gasteiger partial charge in [-0.2, -0.15) is 0 Å². The molecule has 1 unspecified atom stereocenters. The van der Waals surface area contributed by atoms with Crippen LogP contribution in [-0.2, 0) is 14.3 Å². The van der Waals surface area contributed by atoms with Gasteiger partial charge in [0.1, 0.15) is 5.57 Å². The summed E-state index contributed by atoms with van der Waals surface area (Å²) in [5.41, 5.74) is 0.000764. The van der Waals surface area contributed by atoms with E-state index >= 15 is 0 Å². The van der Waals surface area contributed by atoms with Crippen molar-refractivity contribution in [3.05, 3.63) is 36.3 Å². The molecule has 0 bridgehead atoms. The minimum Gasteiger partial charge on any atom is -0.480 e. The summed E-state index contributed by atoms with van der Waals surface area (Å²) >= 11 is 0. The quantitative estimate of drug-likeness (QED) is 0.608. The molecule has 0 fully saturated rings. The van der Waals surface area contributed by atoms with Gasteiger partial charge in [-0.1, -0.05) is 39.5 Å². The first-order valence-corrected chi connectivity index (χ1v) is 5.67. The Morgan fingerprint density at radius 1 is 1.41 bits per heavy atom. The first-order valence-electron chi connectivity index (χ1n) is 5.67. The zero-order valence-corrected chi connectivity index (χ0v) is 10.8. The Balaban J connectivity index is 0.00000121. The zero-order chi connectivity index (χ0) is 13.5. The molecular formula is C13H20O4. The van der Waals surface area contributed by atoms with Gasteiger partial charge in [0.05, 0.1) is 0 Å². The molecule has 1 heterocycles. The van der Waals surface area contributed by atoms with Crippen molar-refractivity contribution in [2.24, 2.45) is 0 Å². The number of hydrogen-bond donors (Lipinski definition) is 1. The molecular weight excluding hydrogens is 220 g/mol. The van der Waals surface area contributed by atoms with Crippen LogP contribution < -0.4 is 0 Å². The monoisotopic (exact) mass is 240 g/mol. The van der Waals surface area contributed by atoms with E-state index in [1.807, 2.05) is 13.8 Å². The highest BCUT2D eigenvalue weighted by Gasteiger charge is 2.37. The fraction of sp³-hybridized carbons (Fsp3) is 0.462. The Labute approximate surface area is 102 Å². The van der Waals surface area contributed by atoms with Crippen LogP contribution in [0.5, 0.6) is 0 Å². The Bertz CT molecular complexity index is 341. The fourth-order valence-electron chi connectivity index (χ4n) is 1.07. The Kier molecular flexibility index (Phi) is 6.10. The van der Waals surface area contributed by atoms with E-state index in [0.717, 1.165) is 0 Å². The second-order valence-corrected chi connectivity index (χ2v) is 3.29. The van der Waals surface area contributed by atoms with Crippen molar-refractivity contribution in [3.63, 3.8) is 0 Å². The van der Waals surface area contributed by atoms with Gasteiger partial charge >= 0.3 is 5.97 Å². The van der Waals surface area contributed by atoms with Crippen LogP contribution in [-0.4, -0.2) is 16.9 Å². The molecule has 0 radical (unpaired) electrons. The van der Waals surface area contributed by atoms with Gasteiger partial charge < -0.3 is 14.6 Å². The fourth-order valence-corrected chi connectivity index (χ4v) is 1.07. The van der Waals surface area contributed by atoms with E-state index in [-0.39, 0.29) is 5.57 Å². The molecule has 0 aromatic rings. The van der Waals surface area contributed by atoms with E-state index in [9.17, 15) is 9.90 Å². The first-order chi connectivity index (χ1) is 8.02. The normalized spacial score (nSPS) is 23.6. The van der Waals surface area contributed by atoms with Crippen LogP contribution in [0.15, 0.2) is 36.3 Å². The lowest BCUT2D eigenvalue weighted by molar-refractivity contribution is -0.230. The van der Waals surface area contributed by atoms with Crippen molar-refractivity contribution in [2.45, 2.75) is 39.9 Å². The number of rotatable bonds is 3. The van der Waals surface area contributed by atoms with Crippen molar-refractivity contribution >= 4 is 5.97 Å². The summed E-state index contributed by atoms with van der Waals surface area (Å²) in [4.78, 5) is 11.5. The number of hydrogen-bond acceptors (Lipinski definition) is 4. The molecule has 1 aliphatic heterocycles. The molecule has 1 atom stereocenters. The molecule has 17 heavy (non-hydrogen) atoms. The average molecular weight is 240 g/mol. The topological polar surface area (TPSA) is 55.8 Å². The van der Waals surface area contributed by atoms with E-state index in [2.05, 4.69) is 6.58 Å². The number of esters is 1. The minimum atomic E-state index is -1.08. The van der Waals surface area contributed by atoms with Crippen LogP contribution in [0.25, 0.3) is 0 Å². The van der Waals surface area contributed by atoms with Gasteiger partial charge in [0.15, 0.2) is 0 Å². The second-order valence-electron chi connectivity index (χ2n) is 3.29. The molecule has 1 rings (SSSR count). The molecule has 96 valence electrons. The molecule has 1 N–H and O–H groups in total. The summed E-state index contributed by atoms with van der Waals surface area (Å²) in [5, 5.41) is 9.50. The average Bonchev–Trinajstić information content (AvgIpc) is 2.31. The lowest BCUT2D eigenvalue weighted by Gasteiger charge is -2.32. The van der Waals surface area contributed by atoms with Gasteiger partial charge in [-0.15, -0.1) is 0 Å². The third-order valence-electron chi connectivity index (χ3n) is 2.11. The number of carbonyl (C=O) groups is 1. The van der Waals surface area contributed by atoms with Gasteiger partial charge in [-0.05, 0) is 6.08 Å². The lowest BCUT2D eigenvalue weighted by atomic mass is 10.2. The minimum absolute atomic E-state index is 0.000764. The maximum Gasteiger partial charge on any atom is 0.348 e. The number of cyclic esters (lactones) is 1. The zero-order valence-electron chi connectivity index (χ0n) is 10.8. The van der Waals surface area contributed by atoms with E-state index in [1.165, 1.54) is 18.2 Å². The molecule has 4 heteroatoms. The van der Waals surface area contributed by atoms with Gasteiger partial charge in [0, 0.05) is 13.3 Å². The number of ether oxygens (including phenoxy) is 2. The van der Waals surface area contributed by atoms with Crippen molar-refractivity contribution in [2.75, 3.05) is 0 Å². The standard InChI is InChI=1S/C11H14O4.C2H6/c1-4-6-7-8-9(12)14-11(3,5-2)15-10(8)13;1-2/h4,6-7,12H,1,5H2,2-3H3;1-2H3/b7-6+;. The Morgan fingerprint density at radius 3 is 2.41 bits per heavy atom. The summed E-state index contributed by atoms with van der Waals surface area (Å²) in [6.07, 6.45) is 4.85. The van der Waals surface area contributed by atoms with Gasteiger partial charge in [-0.25, -0.2) is 4.79 Å². The van der Waals surface area contributed by atoms with Crippen LogP contribution >= 0.6 is 0 Å². The second kappa shape index (κ2) is 6.78. The van der Waals surface area contributed by atoms with Crippen molar-refractivity contribution in [1.29, 1.82) is 0 Å². The maximum atomic E-state index is 11.5. The van der Waals surface area contributed by atoms with Gasteiger partial charge in [-0.3, -0.25) is 0 Å². The first kappa shape index (κ1) is 15.3. The van der Waals surface area contributed by atoms with Gasteiger partial charge in [0.25, 0.3) is 11.7 Å². The summed E-state index contributed by atoms with van der Waals surface area (Å²) in [5.74, 6) is -2.08.